The number of aromatic amines is 1. The maximum absolute atomic E-state index is 12.6. The van der Waals surface area contributed by atoms with E-state index in [9.17, 15) is 18.0 Å². The minimum absolute atomic E-state index is 0.0434. The first-order chi connectivity index (χ1) is 12.8. The van der Waals surface area contributed by atoms with Crippen molar-refractivity contribution >= 4 is 11.9 Å². The Morgan fingerprint density at radius 1 is 1.30 bits per heavy atom. The highest BCUT2D eigenvalue weighted by atomic mass is 19.4. The van der Waals surface area contributed by atoms with Gasteiger partial charge in [-0.2, -0.15) is 18.3 Å². The monoisotopic (exact) mass is 384 g/mol. The Morgan fingerprint density at radius 2 is 2.00 bits per heavy atom. The molecule has 27 heavy (non-hydrogen) atoms. The molecule has 0 radical (unpaired) electrons. The molecule has 1 aliphatic heterocycles. The predicted molar refractivity (Wildman–Crippen MR) is 87.4 cm³/mol. The van der Waals surface area contributed by atoms with Gasteiger partial charge in [0, 0.05) is 19.2 Å². The highest BCUT2D eigenvalue weighted by molar-refractivity contribution is 5.83. The zero-order valence-electron chi connectivity index (χ0n) is 14.6. The van der Waals surface area contributed by atoms with Crippen molar-refractivity contribution in [3.05, 3.63) is 11.8 Å². The van der Waals surface area contributed by atoms with Gasteiger partial charge in [-0.15, -0.1) is 5.10 Å². The molecule has 3 heterocycles. The Labute approximate surface area is 152 Å². The molecule has 2 aliphatic rings. The first kappa shape index (κ1) is 17.8. The molecule has 1 aliphatic carbocycles. The van der Waals surface area contributed by atoms with Crippen LogP contribution < -0.4 is 5.32 Å². The number of carbonyl (C=O) groups is 1. The molecule has 2 N–H and O–H groups in total. The van der Waals surface area contributed by atoms with Crippen molar-refractivity contribution in [1.82, 2.24) is 25.3 Å². The lowest BCUT2D eigenvalue weighted by molar-refractivity contribution is -0.141. The van der Waals surface area contributed by atoms with E-state index in [-0.39, 0.29) is 23.5 Å². The van der Waals surface area contributed by atoms with Gasteiger partial charge >= 0.3 is 12.2 Å². The summed E-state index contributed by atoms with van der Waals surface area (Å²) >= 11 is 0. The van der Waals surface area contributed by atoms with Crippen LogP contribution in [0.1, 0.15) is 38.3 Å². The average Bonchev–Trinajstić information content (AvgIpc) is 3.04. The zero-order valence-corrected chi connectivity index (χ0v) is 14.6. The number of nitrogens with one attached hydrogen (secondary N) is 2. The van der Waals surface area contributed by atoms with Gasteiger partial charge in [0.15, 0.2) is 0 Å². The summed E-state index contributed by atoms with van der Waals surface area (Å²) in [6.07, 6.45) is 0.0577. The van der Waals surface area contributed by atoms with Gasteiger partial charge in [-0.25, -0.2) is 0 Å². The van der Waals surface area contributed by atoms with Crippen molar-refractivity contribution in [1.29, 1.82) is 0 Å². The quantitative estimate of drug-likeness (QED) is 0.841. The number of hydrogen-bond acceptors (Lipinski definition) is 6. The SMILES string of the molecule is C[C@H](Nc1nnc(-c2cc(C(F)(F)F)[nH]n2)o1)C(=O)N1CCC2(CC1)CC2. The lowest BCUT2D eigenvalue weighted by Gasteiger charge is -2.33. The molecule has 2 aromatic rings. The van der Waals surface area contributed by atoms with Crippen LogP contribution in [0.25, 0.3) is 11.6 Å². The van der Waals surface area contributed by atoms with E-state index in [0.717, 1.165) is 32.0 Å². The molecule has 1 spiro atoms. The molecule has 146 valence electrons. The Kier molecular flexibility index (Phi) is 4.11. The maximum atomic E-state index is 12.6. The number of aromatic nitrogens is 4. The second-order valence-corrected chi connectivity index (χ2v) is 7.27. The summed E-state index contributed by atoms with van der Waals surface area (Å²) < 4.78 is 43.2. The summed E-state index contributed by atoms with van der Waals surface area (Å²) in [7, 11) is 0. The summed E-state index contributed by atoms with van der Waals surface area (Å²) in [5.74, 6) is -0.234. The van der Waals surface area contributed by atoms with Crippen LogP contribution in [0.4, 0.5) is 19.2 Å². The van der Waals surface area contributed by atoms with Crippen molar-refractivity contribution < 1.29 is 22.4 Å². The molecule has 1 amide bonds. The standard InChI is InChI=1S/C16H19F3N6O2/c1-9(13(26)25-6-4-15(2-3-15)5-7-25)20-14-24-23-12(27-14)10-8-11(22-21-10)16(17,18)19/h8-9H,2-7H2,1H3,(H,20,24)(H,21,22)/t9-/m0/s1. The summed E-state index contributed by atoms with van der Waals surface area (Å²) in [5.41, 5.74) is -0.645. The molecule has 0 unspecified atom stereocenters. The van der Waals surface area contributed by atoms with E-state index >= 15 is 0 Å². The number of amides is 1. The molecule has 2 fully saturated rings. The lowest BCUT2D eigenvalue weighted by Crippen LogP contribution is -2.45. The number of halogens is 3. The number of carbonyl (C=O) groups excluding carboxylic acids is 1. The topological polar surface area (TPSA) is 99.9 Å². The third-order valence-corrected chi connectivity index (χ3v) is 5.33. The predicted octanol–water partition coefficient (Wildman–Crippen LogP) is 2.68. The van der Waals surface area contributed by atoms with Crippen molar-refractivity contribution in [3.8, 4) is 11.6 Å². The van der Waals surface area contributed by atoms with Gasteiger partial charge in [-0.3, -0.25) is 9.89 Å². The number of likely N-dealkylation sites (tertiary alicyclic amines) is 1. The van der Waals surface area contributed by atoms with Gasteiger partial charge in [0.1, 0.15) is 17.4 Å². The third-order valence-electron chi connectivity index (χ3n) is 5.33. The van der Waals surface area contributed by atoms with E-state index in [2.05, 4.69) is 20.6 Å². The summed E-state index contributed by atoms with van der Waals surface area (Å²) in [5, 5.41) is 15.6. The minimum Gasteiger partial charge on any atom is -0.402 e. The first-order valence-corrected chi connectivity index (χ1v) is 8.78. The Morgan fingerprint density at radius 3 is 2.59 bits per heavy atom. The van der Waals surface area contributed by atoms with Crippen LogP contribution in [0.15, 0.2) is 10.5 Å². The van der Waals surface area contributed by atoms with Gasteiger partial charge in [0.05, 0.1) is 0 Å². The highest BCUT2D eigenvalue weighted by Crippen LogP contribution is 2.53. The number of anilines is 1. The molecular weight excluding hydrogens is 365 g/mol. The van der Waals surface area contributed by atoms with Gasteiger partial charge in [-0.05, 0) is 38.0 Å². The van der Waals surface area contributed by atoms with Crippen molar-refractivity contribution in [2.24, 2.45) is 5.41 Å². The van der Waals surface area contributed by atoms with Gasteiger partial charge in [0.25, 0.3) is 5.89 Å². The molecule has 4 rings (SSSR count). The highest BCUT2D eigenvalue weighted by Gasteiger charge is 2.45. The number of nitrogens with zero attached hydrogens (tertiary/aromatic N) is 4. The van der Waals surface area contributed by atoms with Crippen LogP contribution in [0, 0.1) is 5.41 Å². The van der Waals surface area contributed by atoms with Gasteiger partial charge in [-0.1, -0.05) is 5.10 Å². The molecular formula is C16H19F3N6O2. The summed E-state index contributed by atoms with van der Waals surface area (Å²) in [4.78, 5) is 14.4. The van der Waals surface area contributed by atoms with E-state index in [0.29, 0.717) is 5.41 Å². The van der Waals surface area contributed by atoms with E-state index in [1.54, 1.807) is 6.92 Å². The van der Waals surface area contributed by atoms with Crippen molar-refractivity contribution in [2.45, 2.75) is 44.8 Å². The molecule has 1 saturated heterocycles. The molecule has 8 nitrogen and oxygen atoms in total. The van der Waals surface area contributed by atoms with Gasteiger partial charge in [0.2, 0.25) is 5.91 Å². The maximum Gasteiger partial charge on any atom is 0.432 e. The smallest absolute Gasteiger partial charge is 0.402 e. The largest absolute Gasteiger partial charge is 0.432 e. The number of alkyl halides is 3. The first-order valence-electron chi connectivity index (χ1n) is 8.78. The number of rotatable bonds is 4. The molecule has 1 saturated carbocycles. The van der Waals surface area contributed by atoms with Crippen LogP contribution in [0.2, 0.25) is 0 Å². The van der Waals surface area contributed by atoms with Crippen LogP contribution in [-0.4, -0.2) is 50.3 Å². The van der Waals surface area contributed by atoms with Crippen LogP contribution in [0.3, 0.4) is 0 Å². The van der Waals surface area contributed by atoms with Crippen molar-refractivity contribution in [2.75, 3.05) is 18.4 Å². The van der Waals surface area contributed by atoms with Crippen LogP contribution >= 0.6 is 0 Å². The molecule has 11 heteroatoms. The van der Waals surface area contributed by atoms with E-state index in [4.69, 9.17) is 4.42 Å². The zero-order chi connectivity index (χ0) is 19.2. The second kappa shape index (κ2) is 6.24. The minimum atomic E-state index is -4.54. The fourth-order valence-electron chi connectivity index (χ4n) is 3.36. The Balaban J connectivity index is 1.37. The number of piperidine rings is 1. The normalized spacial score (nSPS) is 19.9. The second-order valence-electron chi connectivity index (χ2n) is 7.27. The lowest BCUT2D eigenvalue weighted by atomic mass is 9.93. The van der Waals surface area contributed by atoms with E-state index < -0.39 is 17.9 Å². The van der Waals surface area contributed by atoms with E-state index in [1.165, 1.54) is 12.8 Å². The Bertz CT molecular complexity index is 831. The van der Waals surface area contributed by atoms with Crippen LogP contribution in [-0.2, 0) is 11.0 Å². The fourth-order valence-corrected chi connectivity index (χ4v) is 3.36. The third kappa shape index (κ3) is 3.62. The fraction of sp³-hybridized carbons (Fsp3) is 0.625. The molecule has 0 bridgehead atoms. The molecule has 2 aromatic heterocycles. The van der Waals surface area contributed by atoms with Gasteiger partial charge < -0.3 is 14.6 Å². The van der Waals surface area contributed by atoms with Crippen molar-refractivity contribution in [3.63, 3.8) is 0 Å². The number of hydrogen-bond donors (Lipinski definition) is 2. The summed E-state index contributed by atoms with van der Waals surface area (Å²) in [6, 6.07) is 0.155. The Hall–Kier alpha value is -2.59. The summed E-state index contributed by atoms with van der Waals surface area (Å²) in [6.45, 7) is 3.17. The molecule has 0 aromatic carbocycles. The molecule has 1 atom stereocenters. The van der Waals surface area contributed by atoms with E-state index in [1.807, 2.05) is 10.00 Å². The average molecular weight is 384 g/mol. The number of H-pyrrole nitrogens is 1. The van der Waals surface area contributed by atoms with Crippen LogP contribution in [0.5, 0.6) is 0 Å².